The van der Waals surface area contributed by atoms with Crippen LogP contribution >= 0.6 is 0 Å². The molecule has 120 valence electrons. The predicted molar refractivity (Wildman–Crippen MR) is 87.3 cm³/mol. The molecule has 0 spiro atoms. The van der Waals surface area contributed by atoms with E-state index in [0.29, 0.717) is 28.7 Å². The first kappa shape index (κ1) is 15.4. The summed E-state index contributed by atoms with van der Waals surface area (Å²) < 4.78 is 16.7. The number of benzene rings is 2. The summed E-state index contributed by atoms with van der Waals surface area (Å²) in [6.07, 6.45) is 0. The first-order valence-electron chi connectivity index (χ1n) is 7.68. The third kappa shape index (κ3) is 3.31. The molecule has 0 saturated heterocycles. The van der Waals surface area contributed by atoms with Gasteiger partial charge in [-0.1, -0.05) is 26.0 Å². The molecule has 1 aliphatic heterocycles. The fourth-order valence-electron chi connectivity index (χ4n) is 2.44. The molecule has 23 heavy (non-hydrogen) atoms. The maximum absolute atomic E-state index is 12.2. The van der Waals surface area contributed by atoms with Crippen LogP contribution in [-0.4, -0.2) is 11.8 Å². The largest absolute Gasteiger partial charge is 0.449 e. The highest BCUT2D eigenvalue weighted by Gasteiger charge is 2.32. The lowest BCUT2D eigenvalue weighted by molar-refractivity contribution is -0.0431. The van der Waals surface area contributed by atoms with Gasteiger partial charge in [-0.05, 0) is 35.7 Å². The van der Waals surface area contributed by atoms with Gasteiger partial charge in [0.1, 0.15) is 5.75 Å². The van der Waals surface area contributed by atoms with E-state index < -0.39 is 11.8 Å². The van der Waals surface area contributed by atoms with E-state index in [0.717, 1.165) is 0 Å². The van der Waals surface area contributed by atoms with E-state index in [1.54, 1.807) is 30.3 Å². The molecule has 0 fully saturated rings. The number of hydrogen-bond donors (Lipinski definition) is 0. The van der Waals surface area contributed by atoms with E-state index >= 15 is 0 Å². The fraction of sp³-hybridized carbons (Fsp3) is 0.316. The summed E-state index contributed by atoms with van der Waals surface area (Å²) in [5, 5.41) is 0. The molecule has 0 unspecified atom stereocenters. The average molecular weight is 312 g/mol. The first-order chi connectivity index (χ1) is 10.8. The van der Waals surface area contributed by atoms with Crippen molar-refractivity contribution in [2.24, 2.45) is 0 Å². The minimum Gasteiger partial charge on any atom is -0.449 e. The molecule has 0 amide bonds. The van der Waals surface area contributed by atoms with Crippen molar-refractivity contribution in [1.82, 2.24) is 0 Å². The number of carbonyl (C=O) groups excluding carboxylic acids is 1. The Hall–Kier alpha value is -2.49. The molecule has 0 saturated carbocycles. The Labute approximate surface area is 136 Å². The van der Waals surface area contributed by atoms with Crippen LogP contribution in [0.1, 0.15) is 49.5 Å². The maximum atomic E-state index is 12.2. The Bertz CT molecular complexity index is 730. The van der Waals surface area contributed by atoms with Gasteiger partial charge in [-0.15, -0.1) is 0 Å². The highest BCUT2D eigenvalue weighted by atomic mass is 16.7. The molecule has 2 aromatic rings. The van der Waals surface area contributed by atoms with Crippen molar-refractivity contribution in [2.75, 3.05) is 0 Å². The van der Waals surface area contributed by atoms with Crippen LogP contribution < -0.4 is 14.2 Å². The summed E-state index contributed by atoms with van der Waals surface area (Å²) >= 11 is 0. The Morgan fingerprint density at radius 2 is 1.65 bits per heavy atom. The maximum Gasteiger partial charge on any atom is 0.343 e. The number of carbonyl (C=O) groups is 1. The first-order valence-corrected chi connectivity index (χ1v) is 7.68. The van der Waals surface area contributed by atoms with Gasteiger partial charge in [0.05, 0.1) is 5.56 Å². The topological polar surface area (TPSA) is 44.8 Å². The van der Waals surface area contributed by atoms with Crippen molar-refractivity contribution in [3.63, 3.8) is 0 Å². The summed E-state index contributed by atoms with van der Waals surface area (Å²) in [6.45, 7) is 7.88. The third-order valence-electron chi connectivity index (χ3n) is 3.65. The van der Waals surface area contributed by atoms with Crippen LogP contribution in [-0.2, 0) is 0 Å². The molecular weight excluding hydrogens is 292 g/mol. The molecule has 4 heteroatoms. The lowest BCUT2D eigenvalue weighted by Crippen LogP contribution is -2.29. The molecule has 0 atom stereocenters. The number of esters is 1. The summed E-state index contributed by atoms with van der Waals surface area (Å²) in [6, 6.07) is 12.6. The average Bonchev–Trinajstić information content (AvgIpc) is 2.80. The molecule has 1 heterocycles. The van der Waals surface area contributed by atoms with E-state index in [4.69, 9.17) is 14.2 Å². The zero-order valence-corrected chi connectivity index (χ0v) is 13.8. The van der Waals surface area contributed by atoms with Crippen molar-refractivity contribution >= 4 is 5.97 Å². The summed E-state index contributed by atoms with van der Waals surface area (Å²) in [7, 11) is 0. The van der Waals surface area contributed by atoms with Crippen LogP contribution in [0.25, 0.3) is 0 Å². The minimum atomic E-state index is -0.697. The molecular formula is C19H20O4. The molecule has 2 aromatic carbocycles. The molecule has 3 rings (SSSR count). The normalized spacial score (nSPS) is 14.8. The highest BCUT2D eigenvalue weighted by Crippen LogP contribution is 2.41. The molecule has 1 aliphatic rings. The number of rotatable bonds is 3. The third-order valence-corrected chi connectivity index (χ3v) is 3.65. The van der Waals surface area contributed by atoms with Crippen molar-refractivity contribution < 1.29 is 19.0 Å². The standard InChI is InChI=1S/C19H20O4/c1-12(2)13-5-7-14(8-6-13)18(20)21-15-9-10-16-17(11-15)23-19(3,4)22-16/h5-12H,1-4H3. The van der Waals surface area contributed by atoms with E-state index in [9.17, 15) is 4.79 Å². The van der Waals surface area contributed by atoms with Gasteiger partial charge in [0, 0.05) is 19.9 Å². The van der Waals surface area contributed by atoms with Crippen LogP contribution in [0.5, 0.6) is 17.2 Å². The summed E-state index contributed by atoms with van der Waals surface area (Å²) in [5.74, 6) is 1.00. The second kappa shape index (κ2) is 5.61. The predicted octanol–water partition coefficient (Wildman–Crippen LogP) is 4.54. The highest BCUT2D eigenvalue weighted by molar-refractivity contribution is 5.91. The van der Waals surface area contributed by atoms with E-state index in [1.807, 2.05) is 26.0 Å². The molecule has 0 N–H and O–H groups in total. The number of hydrogen-bond acceptors (Lipinski definition) is 4. The van der Waals surface area contributed by atoms with Crippen LogP contribution in [0.15, 0.2) is 42.5 Å². The van der Waals surface area contributed by atoms with Crippen molar-refractivity contribution in [3.05, 3.63) is 53.6 Å². The van der Waals surface area contributed by atoms with Crippen LogP contribution in [0.2, 0.25) is 0 Å². The molecule has 0 aliphatic carbocycles. The Balaban J connectivity index is 1.74. The van der Waals surface area contributed by atoms with Crippen LogP contribution in [0, 0.1) is 0 Å². The molecule has 4 nitrogen and oxygen atoms in total. The second-order valence-electron chi connectivity index (χ2n) is 6.38. The quantitative estimate of drug-likeness (QED) is 0.616. The Morgan fingerprint density at radius 3 is 2.30 bits per heavy atom. The molecule has 0 aromatic heterocycles. The van der Waals surface area contributed by atoms with Gasteiger partial charge in [-0.3, -0.25) is 0 Å². The summed E-state index contributed by atoms with van der Waals surface area (Å²) in [4.78, 5) is 12.2. The monoisotopic (exact) mass is 312 g/mol. The van der Waals surface area contributed by atoms with Gasteiger partial charge < -0.3 is 14.2 Å². The zero-order valence-electron chi connectivity index (χ0n) is 13.8. The zero-order chi connectivity index (χ0) is 16.6. The Morgan fingerprint density at radius 1 is 1.00 bits per heavy atom. The lowest BCUT2D eigenvalue weighted by atomic mass is 10.0. The van der Waals surface area contributed by atoms with Gasteiger partial charge in [0.15, 0.2) is 11.5 Å². The van der Waals surface area contributed by atoms with Gasteiger partial charge in [-0.2, -0.15) is 0 Å². The summed E-state index contributed by atoms with van der Waals surface area (Å²) in [5.41, 5.74) is 1.71. The van der Waals surface area contributed by atoms with E-state index in [2.05, 4.69) is 13.8 Å². The number of fused-ring (bicyclic) bond motifs is 1. The number of ether oxygens (including phenoxy) is 3. The molecule has 0 bridgehead atoms. The van der Waals surface area contributed by atoms with Crippen molar-refractivity contribution in [1.29, 1.82) is 0 Å². The Kier molecular flexibility index (Phi) is 3.76. The van der Waals surface area contributed by atoms with Crippen molar-refractivity contribution in [3.8, 4) is 17.2 Å². The smallest absolute Gasteiger partial charge is 0.343 e. The van der Waals surface area contributed by atoms with Gasteiger partial charge in [0.2, 0.25) is 5.79 Å². The van der Waals surface area contributed by atoms with Crippen LogP contribution in [0.4, 0.5) is 0 Å². The van der Waals surface area contributed by atoms with E-state index in [1.165, 1.54) is 5.56 Å². The van der Waals surface area contributed by atoms with Gasteiger partial charge in [-0.25, -0.2) is 4.79 Å². The van der Waals surface area contributed by atoms with Gasteiger partial charge in [0.25, 0.3) is 0 Å². The lowest BCUT2D eigenvalue weighted by Gasteiger charge is -2.16. The van der Waals surface area contributed by atoms with Crippen LogP contribution in [0.3, 0.4) is 0 Å². The fourth-order valence-corrected chi connectivity index (χ4v) is 2.44. The van der Waals surface area contributed by atoms with E-state index in [-0.39, 0.29) is 0 Å². The van der Waals surface area contributed by atoms with Crippen molar-refractivity contribution in [2.45, 2.75) is 39.4 Å². The SMILES string of the molecule is CC(C)c1ccc(C(=O)Oc2ccc3c(c2)OC(C)(C)O3)cc1. The molecule has 0 radical (unpaired) electrons. The van der Waals surface area contributed by atoms with Gasteiger partial charge >= 0.3 is 5.97 Å². The minimum absolute atomic E-state index is 0.390. The second-order valence-corrected chi connectivity index (χ2v) is 6.38.